The second-order valence-corrected chi connectivity index (χ2v) is 31.6. The third-order valence-corrected chi connectivity index (χ3v) is 19.9. The maximum Gasteiger partial charge on any atom is 0.472 e. The molecule has 0 bridgehead atoms. The summed E-state index contributed by atoms with van der Waals surface area (Å²) in [4.78, 5) is 72.5. The molecule has 3 N–H and O–H groups in total. The van der Waals surface area contributed by atoms with Crippen molar-refractivity contribution in [3.05, 3.63) is 0 Å². The van der Waals surface area contributed by atoms with E-state index in [-0.39, 0.29) is 25.7 Å². The minimum atomic E-state index is -4.96. The number of carbonyl (C=O) groups excluding carboxylic acids is 4. The van der Waals surface area contributed by atoms with Crippen LogP contribution >= 0.6 is 15.6 Å². The fraction of sp³-hybridized carbons (Fsp3) is 0.948. The van der Waals surface area contributed by atoms with Gasteiger partial charge in [-0.05, 0) is 37.5 Å². The number of phosphoric acid groups is 2. The maximum atomic E-state index is 13.1. The first kappa shape index (κ1) is 94.1. The second kappa shape index (κ2) is 68.8. The van der Waals surface area contributed by atoms with Gasteiger partial charge in [0.05, 0.1) is 26.4 Å². The molecule has 0 fully saturated rings. The van der Waals surface area contributed by atoms with Gasteiger partial charge in [-0.2, -0.15) is 0 Å². The van der Waals surface area contributed by atoms with Crippen molar-refractivity contribution in [3.8, 4) is 0 Å². The molecule has 0 radical (unpaired) electrons. The van der Waals surface area contributed by atoms with E-state index in [2.05, 4.69) is 41.5 Å². The number of esters is 4. The largest absolute Gasteiger partial charge is 0.472 e. The van der Waals surface area contributed by atoms with Gasteiger partial charge >= 0.3 is 39.5 Å². The normalized spacial score (nSPS) is 14.0. The van der Waals surface area contributed by atoms with Crippen molar-refractivity contribution in [1.82, 2.24) is 0 Å². The van der Waals surface area contributed by atoms with E-state index in [9.17, 15) is 43.2 Å². The van der Waals surface area contributed by atoms with Crippen molar-refractivity contribution in [3.63, 3.8) is 0 Å². The number of carbonyl (C=O) groups is 4. The number of aliphatic hydroxyl groups is 1. The van der Waals surface area contributed by atoms with Crippen LogP contribution in [0.4, 0.5) is 0 Å². The Bertz CT molecular complexity index is 1860. The zero-order chi connectivity index (χ0) is 70.7. The number of ether oxygens (including phenoxy) is 4. The van der Waals surface area contributed by atoms with E-state index in [1.54, 1.807) is 0 Å². The first-order valence-corrected chi connectivity index (χ1v) is 43.0. The molecule has 0 heterocycles. The molecule has 0 aromatic heterocycles. The number of hydrogen-bond acceptors (Lipinski definition) is 15. The van der Waals surface area contributed by atoms with E-state index in [0.29, 0.717) is 25.7 Å². The summed E-state index contributed by atoms with van der Waals surface area (Å²) in [5.41, 5.74) is 0. The fourth-order valence-corrected chi connectivity index (χ4v) is 13.4. The molecule has 0 spiro atoms. The van der Waals surface area contributed by atoms with Gasteiger partial charge in [-0.3, -0.25) is 37.3 Å². The van der Waals surface area contributed by atoms with Gasteiger partial charge in [0.15, 0.2) is 12.2 Å². The molecule has 570 valence electrons. The Morgan fingerprint density at radius 1 is 0.281 bits per heavy atom. The average Bonchev–Trinajstić information content (AvgIpc) is 1.31. The molecule has 0 aromatic rings. The first-order valence-electron chi connectivity index (χ1n) is 40.0. The molecule has 0 saturated carbocycles. The summed E-state index contributed by atoms with van der Waals surface area (Å²) in [6.07, 6.45) is 57.5. The van der Waals surface area contributed by atoms with Crippen molar-refractivity contribution in [1.29, 1.82) is 0 Å². The molecule has 17 nitrogen and oxygen atoms in total. The lowest BCUT2D eigenvalue weighted by atomic mass is 10.0. The van der Waals surface area contributed by atoms with E-state index < -0.39 is 97.5 Å². The minimum Gasteiger partial charge on any atom is -0.462 e. The summed E-state index contributed by atoms with van der Waals surface area (Å²) in [6, 6.07) is 0. The molecular formula is C77H150O17P2. The summed E-state index contributed by atoms with van der Waals surface area (Å²) < 4.78 is 68.3. The lowest BCUT2D eigenvalue weighted by Gasteiger charge is -2.21. The molecule has 0 aromatic carbocycles. The van der Waals surface area contributed by atoms with Crippen LogP contribution in [-0.2, 0) is 65.4 Å². The molecule has 19 heteroatoms. The molecular weight excluding hydrogens is 1260 g/mol. The molecule has 0 saturated heterocycles. The van der Waals surface area contributed by atoms with E-state index in [0.717, 1.165) is 108 Å². The number of rotatable bonds is 76. The Labute approximate surface area is 588 Å². The Kier molecular flexibility index (Phi) is 67.4. The standard InChI is InChI=1S/C77H150O17P2/c1-7-9-11-13-14-15-16-17-18-19-20-21-22-27-30-33-38-43-49-55-61-76(81)94-73(66-88-75(80)60-54-48-42-37-32-29-26-24-23-25-28-31-35-40-46-51-57-69(3)4)68-92-96(85,86)90-64-71(78)63-89-95(83,84)91-67-72(65-87-74(79)59-53-45-12-10-8-2)93-77(82)62-56-50-44-39-34-36-41-47-52-58-70(5)6/h69-73,78H,7-68H2,1-6H3,(H,83,84)(H,85,86)/t71-,72+,73+/m0/s1. The third kappa shape index (κ3) is 70.5. The smallest absolute Gasteiger partial charge is 0.462 e. The van der Waals surface area contributed by atoms with E-state index in [1.165, 1.54) is 212 Å². The van der Waals surface area contributed by atoms with Crippen molar-refractivity contribution < 1.29 is 80.2 Å². The molecule has 0 aliphatic carbocycles. The van der Waals surface area contributed by atoms with Crippen molar-refractivity contribution in [2.75, 3.05) is 39.6 Å². The molecule has 0 amide bonds. The van der Waals surface area contributed by atoms with Crippen molar-refractivity contribution in [2.24, 2.45) is 11.8 Å². The van der Waals surface area contributed by atoms with Gasteiger partial charge in [0, 0.05) is 25.7 Å². The lowest BCUT2D eigenvalue weighted by molar-refractivity contribution is -0.161. The summed E-state index contributed by atoms with van der Waals surface area (Å²) in [6.45, 7) is 9.52. The second-order valence-electron chi connectivity index (χ2n) is 28.7. The van der Waals surface area contributed by atoms with Gasteiger partial charge < -0.3 is 33.8 Å². The topological polar surface area (TPSA) is 237 Å². The Balaban J connectivity index is 5.12. The van der Waals surface area contributed by atoms with Gasteiger partial charge in [0.1, 0.15) is 19.3 Å². The molecule has 2 unspecified atom stereocenters. The molecule has 5 atom stereocenters. The van der Waals surface area contributed by atoms with Crippen molar-refractivity contribution in [2.45, 2.75) is 419 Å². The molecule has 0 aliphatic heterocycles. The maximum absolute atomic E-state index is 13.1. The minimum absolute atomic E-state index is 0.105. The Morgan fingerprint density at radius 2 is 0.479 bits per heavy atom. The molecule has 0 rings (SSSR count). The third-order valence-electron chi connectivity index (χ3n) is 18.0. The average molecular weight is 1410 g/mol. The monoisotopic (exact) mass is 1410 g/mol. The highest BCUT2D eigenvalue weighted by Gasteiger charge is 2.30. The van der Waals surface area contributed by atoms with Crippen LogP contribution in [-0.4, -0.2) is 96.7 Å². The quantitative estimate of drug-likeness (QED) is 0.0222. The number of aliphatic hydroxyl groups excluding tert-OH is 1. The van der Waals surface area contributed by atoms with Crippen molar-refractivity contribution >= 4 is 39.5 Å². The van der Waals surface area contributed by atoms with Crippen LogP contribution < -0.4 is 0 Å². The first-order chi connectivity index (χ1) is 46.4. The lowest BCUT2D eigenvalue weighted by Crippen LogP contribution is -2.30. The highest BCUT2D eigenvalue weighted by molar-refractivity contribution is 7.47. The number of hydrogen-bond donors (Lipinski definition) is 3. The van der Waals surface area contributed by atoms with Crippen LogP contribution in [0.5, 0.6) is 0 Å². The highest BCUT2D eigenvalue weighted by atomic mass is 31.2. The zero-order valence-corrected chi connectivity index (χ0v) is 64.5. The highest BCUT2D eigenvalue weighted by Crippen LogP contribution is 2.45. The zero-order valence-electron chi connectivity index (χ0n) is 62.7. The Morgan fingerprint density at radius 3 is 0.708 bits per heavy atom. The van der Waals surface area contributed by atoms with Gasteiger partial charge in [0.2, 0.25) is 0 Å². The predicted octanol–water partition coefficient (Wildman–Crippen LogP) is 22.7. The van der Waals surface area contributed by atoms with Gasteiger partial charge in [-0.15, -0.1) is 0 Å². The van der Waals surface area contributed by atoms with E-state index >= 15 is 0 Å². The molecule has 0 aliphatic rings. The van der Waals surface area contributed by atoms with Crippen LogP contribution in [0.2, 0.25) is 0 Å². The number of unbranched alkanes of at least 4 members (excludes halogenated alkanes) is 46. The fourth-order valence-electron chi connectivity index (χ4n) is 11.8. The summed E-state index contributed by atoms with van der Waals surface area (Å²) in [7, 11) is -9.90. The SMILES string of the molecule is CCCCCCCCCCCCCCCCCCCCCCC(=O)O[C@H](COC(=O)CCCCCCCCCCCCCCCCCCC(C)C)COP(=O)(O)OC[C@@H](O)COP(=O)(O)OC[C@@H](COC(=O)CCCCCCC)OC(=O)CCCCCCCCCCCC(C)C. The Hall–Kier alpha value is -1.94. The summed E-state index contributed by atoms with van der Waals surface area (Å²) >= 11 is 0. The van der Waals surface area contributed by atoms with Crippen LogP contribution in [0.25, 0.3) is 0 Å². The van der Waals surface area contributed by atoms with E-state index in [4.69, 9.17) is 37.0 Å². The van der Waals surface area contributed by atoms with Gasteiger partial charge in [-0.1, -0.05) is 350 Å². The summed E-state index contributed by atoms with van der Waals surface area (Å²) in [5, 5.41) is 10.6. The van der Waals surface area contributed by atoms with Gasteiger partial charge in [-0.25, -0.2) is 9.13 Å². The van der Waals surface area contributed by atoms with Gasteiger partial charge in [0.25, 0.3) is 0 Å². The predicted molar refractivity (Wildman–Crippen MR) is 391 cm³/mol. The van der Waals surface area contributed by atoms with Crippen LogP contribution in [0, 0.1) is 11.8 Å². The van der Waals surface area contributed by atoms with Crippen LogP contribution in [0.3, 0.4) is 0 Å². The van der Waals surface area contributed by atoms with E-state index in [1.807, 2.05) is 0 Å². The van der Waals surface area contributed by atoms with Crippen LogP contribution in [0.1, 0.15) is 401 Å². The summed E-state index contributed by atoms with van der Waals surface area (Å²) in [5.74, 6) is -0.578. The van der Waals surface area contributed by atoms with Crippen LogP contribution in [0.15, 0.2) is 0 Å². The molecule has 96 heavy (non-hydrogen) atoms. The number of phosphoric ester groups is 2.